The van der Waals surface area contributed by atoms with Gasteiger partial charge in [0.1, 0.15) is 0 Å². The number of rotatable bonds is 5. The van der Waals surface area contributed by atoms with Crippen molar-refractivity contribution in [3.63, 3.8) is 0 Å². The summed E-state index contributed by atoms with van der Waals surface area (Å²) in [5.74, 6) is -0.308. The second kappa shape index (κ2) is 6.30. The summed E-state index contributed by atoms with van der Waals surface area (Å²) >= 11 is 0. The van der Waals surface area contributed by atoms with Crippen molar-refractivity contribution in [2.24, 2.45) is 5.16 Å². The van der Waals surface area contributed by atoms with Gasteiger partial charge in [-0.3, -0.25) is 14.9 Å². The number of carbonyl (C=O) groups excluding carboxylic acids is 1. The molecular weight excluding hydrogens is 300 g/mol. The Kier molecular flexibility index (Phi) is 4.05. The van der Waals surface area contributed by atoms with Crippen LogP contribution < -0.4 is 5.32 Å². The quantitative estimate of drug-likeness (QED) is 0.647. The first-order valence-corrected chi connectivity index (χ1v) is 7.01. The molecule has 1 aliphatic heterocycles. The molecule has 2 N–H and O–H groups in total. The lowest BCUT2D eigenvalue weighted by Crippen LogP contribution is -2.34. The maximum absolute atomic E-state index is 12.1. The molecule has 1 atom stereocenters. The van der Waals surface area contributed by atoms with Gasteiger partial charge < -0.3 is 15.1 Å². The van der Waals surface area contributed by atoms with Gasteiger partial charge in [-0.25, -0.2) is 0 Å². The molecule has 118 valence electrons. The number of nitro groups is 1. The van der Waals surface area contributed by atoms with Crippen molar-refractivity contribution in [2.75, 3.05) is 0 Å². The van der Waals surface area contributed by atoms with Crippen molar-refractivity contribution in [3.05, 3.63) is 64.0 Å². The smallest absolute Gasteiger partial charge is 0.278 e. The van der Waals surface area contributed by atoms with E-state index >= 15 is 0 Å². The third-order valence-electron chi connectivity index (χ3n) is 3.49. The van der Waals surface area contributed by atoms with Crippen LogP contribution in [0.2, 0.25) is 0 Å². The summed E-state index contributed by atoms with van der Waals surface area (Å²) in [5.41, 5.74) is 1.59. The van der Waals surface area contributed by atoms with Gasteiger partial charge in [-0.1, -0.05) is 17.3 Å². The van der Waals surface area contributed by atoms with E-state index < -0.39 is 11.0 Å². The highest BCUT2D eigenvalue weighted by Crippen LogP contribution is 2.24. The third kappa shape index (κ3) is 3.20. The van der Waals surface area contributed by atoms with E-state index in [0.29, 0.717) is 17.8 Å². The predicted octanol–water partition coefficient (Wildman–Crippen LogP) is 1.73. The summed E-state index contributed by atoms with van der Waals surface area (Å²) in [6.45, 7) is 0.354. The van der Waals surface area contributed by atoms with Gasteiger partial charge >= 0.3 is 0 Å². The lowest BCUT2D eigenvalue weighted by molar-refractivity contribution is -0.385. The molecule has 23 heavy (non-hydrogen) atoms. The van der Waals surface area contributed by atoms with E-state index in [1.807, 2.05) is 12.1 Å². The van der Waals surface area contributed by atoms with Crippen LogP contribution in [0.25, 0.3) is 0 Å². The van der Waals surface area contributed by atoms with Crippen molar-refractivity contribution in [2.45, 2.75) is 19.1 Å². The Morgan fingerprint density at radius 2 is 2.22 bits per heavy atom. The molecule has 3 rings (SSSR count). The number of nitro benzene ring substituents is 1. The van der Waals surface area contributed by atoms with Gasteiger partial charge in [0, 0.05) is 24.4 Å². The number of amides is 1. The second-order valence-corrected chi connectivity index (χ2v) is 5.02. The number of nitrogens with zero attached hydrogens (tertiary/aromatic N) is 2. The lowest BCUT2D eigenvalue weighted by atomic mass is 10.0. The van der Waals surface area contributed by atoms with Crippen LogP contribution in [-0.4, -0.2) is 27.6 Å². The van der Waals surface area contributed by atoms with Crippen LogP contribution in [0.15, 0.2) is 47.8 Å². The number of benzene rings is 1. The van der Waals surface area contributed by atoms with Crippen LogP contribution >= 0.6 is 0 Å². The van der Waals surface area contributed by atoms with E-state index in [4.69, 9.17) is 4.84 Å². The molecule has 0 fully saturated rings. The molecule has 0 saturated heterocycles. The number of nitrogens with one attached hydrogen (secondary N) is 2. The number of aromatic amines is 1. The normalized spacial score (nSPS) is 16.5. The van der Waals surface area contributed by atoms with Crippen LogP contribution in [-0.2, 0) is 16.2 Å². The Hall–Kier alpha value is -3.16. The van der Waals surface area contributed by atoms with Crippen LogP contribution in [0.3, 0.4) is 0 Å². The summed E-state index contributed by atoms with van der Waals surface area (Å²) in [5, 5.41) is 17.6. The van der Waals surface area contributed by atoms with Crippen molar-refractivity contribution in [1.82, 2.24) is 10.3 Å². The predicted molar refractivity (Wildman–Crippen MR) is 81.8 cm³/mol. The Morgan fingerprint density at radius 3 is 2.96 bits per heavy atom. The highest BCUT2D eigenvalue weighted by atomic mass is 16.6. The summed E-state index contributed by atoms with van der Waals surface area (Å²) in [4.78, 5) is 30.8. The Labute approximate surface area is 131 Å². The topological polar surface area (TPSA) is 110 Å². The number of hydrogen-bond acceptors (Lipinski definition) is 5. The minimum Gasteiger partial charge on any atom is -0.382 e. The van der Waals surface area contributed by atoms with Crippen molar-refractivity contribution < 1.29 is 14.6 Å². The van der Waals surface area contributed by atoms with Gasteiger partial charge in [-0.2, -0.15) is 0 Å². The van der Waals surface area contributed by atoms with Gasteiger partial charge in [0.15, 0.2) is 0 Å². The molecule has 1 aromatic carbocycles. The number of hydrogen-bond donors (Lipinski definition) is 2. The zero-order chi connectivity index (χ0) is 16.2. The number of carbonyl (C=O) groups is 1. The maximum atomic E-state index is 12.1. The van der Waals surface area contributed by atoms with Crippen LogP contribution in [0.5, 0.6) is 0 Å². The van der Waals surface area contributed by atoms with Gasteiger partial charge in [0.2, 0.25) is 6.10 Å². The first kappa shape index (κ1) is 14.8. The van der Waals surface area contributed by atoms with E-state index in [1.165, 1.54) is 6.07 Å². The fourth-order valence-electron chi connectivity index (χ4n) is 2.33. The summed E-state index contributed by atoms with van der Waals surface area (Å²) in [6.07, 6.45) is 1.19. The van der Waals surface area contributed by atoms with Crippen LogP contribution in [0.4, 0.5) is 5.69 Å². The van der Waals surface area contributed by atoms with Crippen molar-refractivity contribution in [1.29, 1.82) is 0 Å². The standard InChI is InChI=1S/C15H14N4O4/c20-15(17-9-10-4-3-7-16-10)14-8-12(18-23-14)11-5-1-2-6-13(11)19(21)22/h1-7,14,16H,8-9H2,(H,17,20)/t14-/m1/s1. The van der Waals surface area contributed by atoms with E-state index in [1.54, 1.807) is 24.4 Å². The minimum atomic E-state index is -0.778. The first-order chi connectivity index (χ1) is 11.1. The average molecular weight is 314 g/mol. The second-order valence-electron chi connectivity index (χ2n) is 5.02. The maximum Gasteiger partial charge on any atom is 0.278 e. The van der Waals surface area contributed by atoms with Gasteiger partial charge in [-0.15, -0.1) is 0 Å². The molecule has 8 heteroatoms. The molecule has 8 nitrogen and oxygen atoms in total. The highest BCUT2D eigenvalue weighted by molar-refractivity contribution is 6.06. The molecular formula is C15H14N4O4. The minimum absolute atomic E-state index is 0.0534. The fraction of sp³-hybridized carbons (Fsp3) is 0.200. The van der Waals surface area contributed by atoms with E-state index in [0.717, 1.165) is 5.69 Å². The molecule has 0 bridgehead atoms. The monoisotopic (exact) mass is 314 g/mol. The summed E-state index contributed by atoms with van der Waals surface area (Å²) in [7, 11) is 0. The third-order valence-corrected chi connectivity index (χ3v) is 3.49. The fourth-order valence-corrected chi connectivity index (χ4v) is 2.33. The molecule has 0 saturated carbocycles. The molecule has 1 aliphatic rings. The SMILES string of the molecule is O=C(NCc1ccc[nH]1)[C@H]1CC(c2ccccc2[N+](=O)[O-])=NO1. The van der Waals surface area contributed by atoms with Gasteiger partial charge in [0.25, 0.3) is 11.6 Å². The molecule has 2 aromatic rings. The summed E-state index contributed by atoms with van der Waals surface area (Å²) < 4.78 is 0. The van der Waals surface area contributed by atoms with Crippen LogP contribution in [0, 0.1) is 10.1 Å². The molecule has 0 spiro atoms. The molecule has 2 heterocycles. The Balaban J connectivity index is 1.64. The number of H-pyrrole nitrogens is 1. The lowest BCUT2D eigenvalue weighted by Gasteiger charge is -2.08. The van der Waals surface area contributed by atoms with Crippen molar-refractivity contribution >= 4 is 17.3 Å². The number of para-hydroxylation sites is 1. The van der Waals surface area contributed by atoms with E-state index in [-0.39, 0.29) is 18.0 Å². The molecule has 0 unspecified atom stereocenters. The zero-order valence-corrected chi connectivity index (χ0v) is 12.1. The number of oxime groups is 1. The highest BCUT2D eigenvalue weighted by Gasteiger charge is 2.31. The van der Waals surface area contributed by atoms with Crippen molar-refractivity contribution in [3.8, 4) is 0 Å². The molecule has 1 amide bonds. The van der Waals surface area contributed by atoms with Gasteiger partial charge in [-0.05, 0) is 18.2 Å². The van der Waals surface area contributed by atoms with Gasteiger partial charge in [0.05, 0.1) is 22.7 Å². The molecule has 0 radical (unpaired) electrons. The van der Waals surface area contributed by atoms with E-state index in [2.05, 4.69) is 15.5 Å². The zero-order valence-electron chi connectivity index (χ0n) is 12.1. The molecule has 0 aliphatic carbocycles. The summed E-state index contributed by atoms with van der Waals surface area (Å²) in [6, 6.07) is 9.95. The Bertz CT molecular complexity index is 755. The first-order valence-electron chi connectivity index (χ1n) is 7.01. The number of aromatic nitrogens is 1. The van der Waals surface area contributed by atoms with E-state index in [9.17, 15) is 14.9 Å². The molecule has 1 aromatic heterocycles. The van der Waals surface area contributed by atoms with Crippen LogP contribution in [0.1, 0.15) is 17.7 Å². The average Bonchev–Trinajstić information content (AvgIpc) is 3.24. The Morgan fingerprint density at radius 1 is 1.39 bits per heavy atom. The largest absolute Gasteiger partial charge is 0.382 e.